The number of rotatable bonds is 15. The van der Waals surface area contributed by atoms with E-state index in [-0.39, 0.29) is 17.2 Å². The van der Waals surface area contributed by atoms with Crippen LogP contribution in [0, 0.1) is 0 Å². The average Bonchev–Trinajstić information content (AvgIpc) is 2.87. The molecule has 0 aliphatic rings. The fourth-order valence-electron chi connectivity index (χ4n) is 3.80. The van der Waals surface area contributed by atoms with E-state index in [0.717, 1.165) is 56.0 Å². The fourth-order valence-corrected chi connectivity index (χ4v) is 4.39. The lowest BCUT2D eigenvalue weighted by atomic mass is 10.2. The first-order chi connectivity index (χ1) is 17.8. The van der Waals surface area contributed by atoms with Gasteiger partial charge in [0.25, 0.3) is 0 Å². The van der Waals surface area contributed by atoms with Crippen molar-refractivity contribution < 1.29 is 15.3 Å². The maximum absolute atomic E-state index is 10.0. The zero-order valence-corrected chi connectivity index (χ0v) is 22.8. The SMILES string of the molecule is Oc1ccc(Cl)cc1CNCCN(CCNCc1cc(Cl)ccc1O)CCNCc1cc(Cl)ccc1O. The molecule has 6 N–H and O–H groups in total. The molecular weight excluding hydrogens is 535 g/mol. The van der Waals surface area contributed by atoms with Crippen LogP contribution < -0.4 is 16.0 Å². The van der Waals surface area contributed by atoms with Crippen molar-refractivity contribution in [1.29, 1.82) is 0 Å². The predicted octanol–water partition coefficient (Wildman–Crippen LogP) is 4.73. The molecule has 200 valence electrons. The van der Waals surface area contributed by atoms with E-state index in [1.807, 2.05) is 0 Å². The maximum Gasteiger partial charge on any atom is 0.120 e. The Morgan fingerprint density at radius 1 is 0.514 bits per heavy atom. The monoisotopic (exact) mass is 566 g/mol. The largest absolute Gasteiger partial charge is 0.508 e. The van der Waals surface area contributed by atoms with Gasteiger partial charge in [-0.3, -0.25) is 4.90 Å². The van der Waals surface area contributed by atoms with Gasteiger partial charge in [0.15, 0.2) is 0 Å². The fraction of sp³-hybridized carbons (Fsp3) is 0.333. The van der Waals surface area contributed by atoms with Crippen LogP contribution in [0.4, 0.5) is 0 Å². The van der Waals surface area contributed by atoms with Crippen molar-refractivity contribution in [2.75, 3.05) is 39.3 Å². The van der Waals surface area contributed by atoms with Crippen molar-refractivity contribution in [2.45, 2.75) is 19.6 Å². The summed E-state index contributed by atoms with van der Waals surface area (Å²) in [6.07, 6.45) is 0. The van der Waals surface area contributed by atoms with Crippen LogP contribution in [-0.2, 0) is 19.6 Å². The minimum atomic E-state index is 0.218. The van der Waals surface area contributed by atoms with Crippen molar-refractivity contribution >= 4 is 34.8 Å². The van der Waals surface area contributed by atoms with Crippen LogP contribution in [0.5, 0.6) is 17.2 Å². The Kier molecular flexibility index (Phi) is 12.1. The molecule has 0 aromatic heterocycles. The Morgan fingerprint density at radius 2 is 0.811 bits per heavy atom. The van der Waals surface area contributed by atoms with Crippen molar-refractivity contribution in [3.63, 3.8) is 0 Å². The summed E-state index contributed by atoms with van der Waals surface area (Å²) >= 11 is 18.1. The Labute approximate surface area is 233 Å². The van der Waals surface area contributed by atoms with Crippen molar-refractivity contribution in [1.82, 2.24) is 20.9 Å². The van der Waals surface area contributed by atoms with Gasteiger partial charge in [-0.1, -0.05) is 34.8 Å². The van der Waals surface area contributed by atoms with E-state index in [9.17, 15) is 15.3 Å². The smallest absolute Gasteiger partial charge is 0.120 e. The molecule has 0 atom stereocenters. The summed E-state index contributed by atoms with van der Waals surface area (Å²) in [5.41, 5.74) is 2.26. The molecule has 10 heteroatoms. The number of phenols is 3. The van der Waals surface area contributed by atoms with Crippen LogP contribution >= 0.6 is 34.8 Å². The highest BCUT2D eigenvalue weighted by molar-refractivity contribution is 6.31. The Bertz CT molecular complexity index is 1010. The van der Waals surface area contributed by atoms with E-state index in [0.29, 0.717) is 34.7 Å². The average molecular weight is 568 g/mol. The number of phenolic OH excluding ortho intramolecular Hbond substituents is 3. The predicted molar refractivity (Wildman–Crippen MR) is 151 cm³/mol. The zero-order chi connectivity index (χ0) is 26.6. The second kappa shape index (κ2) is 15.2. The highest BCUT2D eigenvalue weighted by Crippen LogP contribution is 2.22. The number of halogens is 3. The van der Waals surface area contributed by atoms with Gasteiger partial charge in [0, 0.05) is 90.7 Å². The number of hydrogen-bond acceptors (Lipinski definition) is 7. The number of nitrogens with zero attached hydrogens (tertiary/aromatic N) is 1. The van der Waals surface area contributed by atoms with E-state index in [1.54, 1.807) is 54.6 Å². The molecule has 3 rings (SSSR count). The van der Waals surface area contributed by atoms with Crippen molar-refractivity contribution in [3.8, 4) is 17.2 Å². The second-order valence-corrected chi connectivity index (χ2v) is 10.0. The van der Waals surface area contributed by atoms with Crippen LogP contribution in [-0.4, -0.2) is 59.5 Å². The van der Waals surface area contributed by atoms with Gasteiger partial charge in [-0.25, -0.2) is 0 Å². The Morgan fingerprint density at radius 3 is 1.11 bits per heavy atom. The van der Waals surface area contributed by atoms with Gasteiger partial charge in [-0.15, -0.1) is 0 Å². The summed E-state index contributed by atoms with van der Waals surface area (Å²) in [4.78, 5) is 2.31. The number of nitrogens with one attached hydrogen (secondary N) is 3. The number of aromatic hydroxyl groups is 3. The Hall–Kier alpha value is -2.23. The van der Waals surface area contributed by atoms with Gasteiger partial charge in [0.05, 0.1) is 0 Å². The maximum atomic E-state index is 10.0. The van der Waals surface area contributed by atoms with Crippen molar-refractivity contribution in [2.24, 2.45) is 0 Å². The van der Waals surface area contributed by atoms with Crippen LogP contribution in [0.3, 0.4) is 0 Å². The molecule has 0 heterocycles. The molecule has 0 radical (unpaired) electrons. The molecule has 0 bridgehead atoms. The molecule has 7 nitrogen and oxygen atoms in total. The third-order valence-corrected chi connectivity index (χ3v) is 6.59. The van der Waals surface area contributed by atoms with Gasteiger partial charge in [0.1, 0.15) is 17.2 Å². The highest BCUT2D eigenvalue weighted by atomic mass is 35.5. The standard InChI is InChI=1S/C27H33Cl3N4O3/c28-22-1-4-25(35)19(13-22)16-31-7-10-34(11-8-32-17-20-14-23(29)2-5-26(20)36)12-9-33-18-21-15-24(30)3-6-27(21)37/h1-6,13-15,31-33,35-37H,7-12,16-18H2. The lowest BCUT2D eigenvalue weighted by molar-refractivity contribution is 0.270. The molecule has 0 saturated carbocycles. The lowest BCUT2D eigenvalue weighted by Gasteiger charge is -2.23. The van der Waals surface area contributed by atoms with Gasteiger partial charge in [-0.2, -0.15) is 0 Å². The van der Waals surface area contributed by atoms with Crippen LogP contribution in [0.25, 0.3) is 0 Å². The quantitative estimate of drug-likeness (QED) is 0.148. The van der Waals surface area contributed by atoms with Crippen LogP contribution in [0.2, 0.25) is 15.1 Å². The first kappa shape index (κ1) is 29.3. The normalized spacial score (nSPS) is 11.4. The van der Waals surface area contributed by atoms with Gasteiger partial charge in [-0.05, 0) is 54.6 Å². The molecule has 0 saturated heterocycles. The number of benzene rings is 3. The molecule has 0 spiro atoms. The van der Waals surface area contributed by atoms with E-state index in [2.05, 4.69) is 20.9 Å². The Balaban J connectivity index is 1.47. The third-order valence-electron chi connectivity index (χ3n) is 5.89. The van der Waals surface area contributed by atoms with Gasteiger partial charge < -0.3 is 31.3 Å². The van der Waals surface area contributed by atoms with Crippen molar-refractivity contribution in [3.05, 3.63) is 86.4 Å². The first-order valence-corrected chi connectivity index (χ1v) is 13.2. The highest BCUT2D eigenvalue weighted by Gasteiger charge is 2.08. The van der Waals surface area contributed by atoms with Crippen LogP contribution in [0.15, 0.2) is 54.6 Å². The summed E-state index contributed by atoms with van der Waals surface area (Å²) < 4.78 is 0. The number of hydrogen-bond donors (Lipinski definition) is 6. The first-order valence-electron chi connectivity index (χ1n) is 12.1. The zero-order valence-electron chi connectivity index (χ0n) is 20.5. The summed E-state index contributed by atoms with van der Waals surface area (Å²) in [5.74, 6) is 0.655. The minimum absolute atomic E-state index is 0.218. The minimum Gasteiger partial charge on any atom is -0.508 e. The second-order valence-electron chi connectivity index (χ2n) is 8.69. The third kappa shape index (κ3) is 10.2. The summed E-state index contributed by atoms with van der Waals surface area (Å²) in [5, 5.41) is 41.9. The molecular formula is C27H33Cl3N4O3. The van der Waals surface area contributed by atoms with E-state index >= 15 is 0 Å². The molecule has 0 fully saturated rings. The molecule has 0 amide bonds. The molecule has 0 unspecified atom stereocenters. The summed E-state index contributed by atoms with van der Waals surface area (Å²) in [6.45, 7) is 6.05. The molecule has 0 aliphatic heterocycles. The molecule has 3 aromatic carbocycles. The molecule has 0 aliphatic carbocycles. The van der Waals surface area contributed by atoms with E-state index in [4.69, 9.17) is 34.8 Å². The van der Waals surface area contributed by atoms with Crippen LogP contribution in [0.1, 0.15) is 16.7 Å². The molecule has 37 heavy (non-hydrogen) atoms. The topological polar surface area (TPSA) is 100 Å². The summed E-state index contributed by atoms with van der Waals surface area (Å²) in [7, 11) is 0. The van der Waals surface area contributed by atoms with Gasteiger partial charge in [0.2, 0.25) is 0 Å². The van der Waals surface area contributed by atoms with E-state index < -0.39 is 0 Å². The lowest BCUT2D eigenvalue weighted by Crippen LogP contribution is -2.40. The molecule has 3 aromatic rings. The van der Waals surface area contributed by atoms with Gasteiger partial charge >= 0.3 is 0 Å². The summed E-state index contributed by atoms with van der Waals surface area (Å²) in [6, 6.07) is 15.0. The van der Waals surface area contributed by atoms with E-state index in [1.165, 1.54) is 0 Å².